The quantitative estimate of drug-likeness (QED) is 0.302. The lowest BCUT2D eigenvalue weighted by molar-refractivity contribution is -0.137. The van der Waals surface area contributed by atoms with E-state index in [1.165, 1.54) is 4.68 Å². The second-order valence-corrected chi connectivity index (χ2v) is 8.93. The Bertz CT molecular complexity index is 1370. The van der Waals surface area contributed by atoms with Crippen molar-refractivity contribution >= 4 is 61.8 Å². The highest BCUT2D eigenvalue weighted by atomic mass is 79.9. The second-order valence-electron chi connectivity index (χ2n) is 7.58. The fourth-order valence-electron chi connectivity index (χ4n) is 3.44. The van der Waals surface area contributed by atoms with Gasteiger partial charge >= 0.3 is 11.8 Å². The van der Waals surface area contributed by atoms with Gasteiger partial charge in [-0.25, -0.2) is 4.68 Å². The number of carbonyl (C=O) groups excluding carboxylic acids is 3. The molecule has 34 heavy (non-hydrogen) atoms. The topological polar surface area (TPSA) is 92.2 Å². The summed E-state index contributed by atoms with van der Waals surface area (Å²) in [6, 6.07) is 22.6. The van der Waals surface area contributed by atoms with Crippen molar-refractivity contribution in [2.75, 3.05) is 10.7 Å². The monoisotopic (exact) mass is 538 g/mol. The highest BCUT2D eigenvalue weighted by Crippen LogP contribution is 2.24. The van der Waals surface area contributed by atoms with Gasteiger partial charge in [-0.05, 0) is 61.0 Å². The average Bonchev–Trinajstić information content (AvgIpc) is 3.18. The summed E-state index contributed by atoms with van der Waals surface area (Å²) >= 11 is 9.47. The lowest BCUT2D eigenvalue weighted by Crippen LogP contribution is -2.40. The molecule has 7 nitrogen and oxygen atoms in total. The van der Waals surface area contributed by atoms with E-state index in [0.29, 0.717) is 21.6 Å². The van der Waals surface area contributed by atoms with E-state index < -0.39 is 17.7 Å². The van der Waals surface area contributed by atoms with Gasteiger partial charge in [0, 0.05) is 20.6 Å². The van der Waals surface area contributed by atoms with Gasteiger partial charge < -0.3 is 10.6 Å². The molecule has 0 spiro atoms. The molecule has 0 radical (unpaired) electrons. The molecule has 3 aromatic carbocycles. The molecule has 1 aromatic heterocycles. The number of anilines is 1. The van der Waals surface area contributed by atoms with E-state index in [4.69, 9.17) is 11.6 Å². The van der Waals surface area contributed by atoms with Crippen LogP contribution in [0.1, 0.15) is 29.0 Å². The van der Waals surface area contributed by atoms with Gasteiger partial charge in [-0.15, -0.1) is 0 Å². The van der Waals surface area contributed by atoms with Crippen LogP contribution in [0.2, 0.25) is 5.02 Å². The second kappa shape index (κ2) is 10.1. The first-order valence-electron chi connectivity index (χ1n) is 10.4. The molecule has 0 aliphatic rings. The van der Waals surface area contributed by atoms with Crippen LogP contribution >= 0.6 is 27.5 Å². The Balaban J connectivity index is 1.59. The maximum Gasteiger partial charge on any atom is 0.328 e. The van der Waals surface area contributed by atoms with Crippen molar-refractivity contribution < 1.29 is 14.4 Å². The van der Waals surface area contributed by atoms with Crippen LogP contribution in [0.4, 0.5) is 5.69 Å². The third-order valence-corrected chi connectivity index (χ3v) is 5.93. The predicted octanol–water partition coefficient (Wildman–Crippen LogP) is 5.26. The molecule has 0 fully saturated rings. The first-order valence-corrected chi connectivity index (χ1v) is 11.5. The molecule has 4 aromatic rings. The molecule has 0 aliphatic heterocycles. The molecule has 1 atom stereocenters. The van der Waals surface area contributed by atoms with E-state index in [9.17, 15) is 14.4 Å². The minimum Gasteiger partial charge on any atom is -0.341 e. The Kier molecular flexibility index (Phi) is 7.00. The largest absolute Gasteiger partial charge is 0.341 e. The van der Waals surface area contributed by atoms with E-state index in [1.54, 1.807) is 55.5 Å². The number of halogens is 2. The first-order chi connectivity index (χ1) is 16.3. The SMILES string of the molecule is C[C@H](NC(=O)C(=O)Nn1c(C(=O)Nc2ccc(Br)cc2)cc2cc(Cl)ccc21)c1ccccc1. The van der Waals surface area contributed by atoms with Gasteiger partial charge in [0.25, 0.3) is 5.91 Å². The Morgan fingerprint density at radius 3 is 2.32 bits per heavy atom. The lowest BCUT2D eigenvalue weighted by Gasteiger charge is -2.16. The first kappa shape index (κ1) is 23.5. The molecule has 1 heterocycles. The standard InChI is InChI=1S/C25H20BrClN4O3/c1-15(16-5-3-2-4-6-16)28-24(33)25(34)30-31-21-12-9-19(27)13-17(21)14-22(31)23(32)29-20-10-7-18(26)8-11-20/h2-15H,1H3,(H,28,33)(H,29,32)(H,30,34)/t15-/m0/s1. The molecule has 0 bridgehead atoms. The van der Waals surface area contributed by atoms with E-state index in [-0.39, 0.29) is 11.7 Å². The predicted molar refractivity (Wildman–Crippen MR) is 136 cm³/mol. The molecule has 172 valence electrons. The molecule has 0 aliphatic carbocycles. The summed E-state index contributed by atoms with van der Waals surface area (Å²) in [6.45, 7) is 1.78. The highest BCUT2D eigenvalue weighted by molar-refractivity contribution is 9.10. The molecule has 0 unspecified atom stereocenters. The number of carbonyl (C=O) groups is 3. The molecule has 3 N–H and O–H groups in total. The zero-order valence-corrected chi connectivity index (χ0v) is 20.4. The Hall–Kier alpha value is -3.62. The van der Waals surface area contributed by atoms with Crippen LogP contribution in [0.3, 0.4) is 0 Å². The van der Waals surface area contributed by atoms with Gasteiger partial charge in [-0.3, -0.25) is 19.8 Å². The number of hydrogen-bond acceptors (Lipinski definition) is 3. The summed E-state index contributed by atoms with van der Waals surface area (Å²) in [4.78, 5) is 38.4. The fraction of sp³-hybridized carbons (Fsp3) is 0.0800. The van der Waals surface area contributed by atoms with Gasteiger partial charge in [0.15, 0.2) is 0 Å². The van der Waals surface area contributed by atoms with Crippen LogP contribution in [0.25, 0.3) is 10.9 Å². The van der Waals surface area contributed by atoms with Crippen molar-refractivity contribution in [2.24, 2.45) is 0 Å². The number of benzene rings is 3. The number of hydrogen-bond donors (Lipinski definition) is 3. The molecule has 9 heteroatoms. The number of nitrogens with zero attached hydrogens (tertiary/aromatic N) is 1. The summed E-state index contributed by atoms with van der Waals surface area (Å²) in [6.07, 6.45) is 0. The number of fused-ring (bicyclic) bond motifs is 1. The number of amides is 3. The van der Waals surface area contributed by atoms with Crippen LogP contribution < -0.4 is 16.1 Å². The van der Waals surface area contributed by atoms with E-state index >= 15 is 0 Å². The zero-order valence-electron chi connectivity index (χ0n) is 18.0. The van der Waals surface area contributed by atoms with Gasteiger partial charge in [0.1, 0.15) is 5.69 Å². The molecule has 3 amide bonds. The highest BCUT2D eigenvalue weighted by Gasteiger charge is 2.22. The van der Waals surface area contributed by atoms with Crippen molar-refractivity contribution in [3.63, 3.8) is 0 Å². The van der Waals surface area contributed by atoms with Crippen LogP contribution in [0.5, 0.6) is 0 Å². The van der Waals surface area contributed by atoms with Crippen molar-refractivity contribution in [1.29, 1.82) is 0 Å². The average molecular weight is 540 g/mol. The summed E-state index contributed by atoms with van der Waals surface area (Å²) in [7, 11) is 0. The summed E-state index contributed by atoms with van der Waals surface area (Å²) in [5.74, 6) is -2.20. The third kappa shape index (κ3) is 5.30. The molecular formula is C25H20BrClN4O3. The maximum absolute atomic E-state index is 13.1. The summed E-state index contributed by atoms with van der Waals surface area (Å²) < 4.78 is 2.16. The number of nitrogens with one attached hydrogen (secondary N) is 3. The maximum atomic E-state index is 13.1. The molecule has 0 saturated heterocycles. The van der Waals surface area contributed by atoms with Crippen molar-refractivity contribution in [2.45, 2.75) is 13.0 Å². The van der Waals surface area contributed by atoms with Crippen LogP contribution in [0, 0.1) is 0 Å². The molecule has 0 saturated carbocycles. The Labute approximate surface area is 209 Å². The van der Waals surface area contributed by atoms with E-state index in [1.807, 2.05) is 30.3 Å². The normalized spacial score (nSPS) is 11.6. The van der Waals surface area contributed by atoms with Crippen molar-refractivity contribution in [3.8, 4) is 0 Å². The van der Waals surface area contributed by atoms with Crippen LogP contribution in [0.15, 0.2) is 83.3 Å². The minimum atomic E-state index is -0.909. The van der Waals surface area contributed by atoms with Crippen LogP contribution in [-0.4, -0.2) is 22.4 Å². The van der Waals surface area contributed by atoms with Crippen molar-refractivity contribution in [1.82, 2.24) is 9.99 Å². The summed E-state index contributed by atoms with van der Waals surface area (Å²) in [5.41, 5.74) is 4.63. The third-order valence-electron chi connectivity index (χ3n) is 5.17. The van der Waals surface area contributed by atoms with Gasteiger partial charge in [-0.1, -0.05) is 57.9 Å². The summed E-state index contributed by atoms with van der Waals surface area (Å²) in [5, 5.41) is 6.57. The smallest absolute Gasteiger partial charge is 0.328 e. The lowest BCUT2D eigenvalue weighted by atomic mass is 10.1. The Morgan fingerprint density at radius 1 is 0.912 bits per heavy atom. The van der Waals surface area contributed by atoms with E-state index in [0.717, 1.165) is 10.0 Å². The zero-order chi connectivity index (χ0) is 24.2. The minimum absolute atomic E-state index is 0.137. The van der Waals surface area contributed by atoms with E-state index in [2.05, 4.69) is 32.0 Å². The van der Waals surface area contributed by atoms with Gasteiger partial charge in [0.05, 0.1) is 11.6 Å². The van der Waals surface area contributed by atoms with Crippen molar-refractivity contribution in [3.05, 3.63) is 99.6 Å². The number of rotatable bonds is 5. The van der Waals surface area contributed by atoms with Gasteiger partial charge in [0.2, 0.25) is 0 Å². The van der Waals surface area contributed by atoms with Crippen LogP contribution in [-0.2, 0) is 9.59 Å². The fourth-order valence-corrected chi connectivity index (χ4v) is 3.89. The Morgan fingerprint density at radius 2 is 1.62 bits per heavy atom. The van der Waals surface area contributed by atoms with Gasteiger partial charge in [-0.2, -0.15) is 0 Å². The molecular weight excluding hydrogens is 520 g/mol. The molecule has 4 rings (SSSR count). The number of aromatic nitrogens is 1.